The van der Waals surface area contributed by atoms with E-state index in [-0.39, 0.29) is 44.6 Å². The summed E-state index contributed by atoms with van der Waals surface area (Å²) in [6, 6.07) is 64.9. The van der Waals surface area contributed by atoms with Crippen LogP contribution in [0.5, 0.6) is 0 Å². The number of benzene rings is 8. The largest absolute Gasteiger partial charge is 0.311 e. The molecule has 0 fully saturated rings. The van der Waals surface area contributed by atoms with Crippen molar-refractivity contribution in [2.75, 3.05) is 14.7 Å². The molecular formula is C78H88BN3S. The van der Waals surface area contributed by atoms with Gasteiger partial charge in [0.05, 0.1) is 11.4 Å². The molecule has 3 heterocycles. The Morgan fingerprint density at radius 1 is 0.422 bits per heavy atom. The lowest BCUT2D eigenvalue weighted by Gasteiger charge is -2.45. The van der Waals surface area contributed by atoms with Crippen molar-refractivity contribution in [3.63, 3.8) is 0 Å². The molecule has 424 valence electrons. The minimum atomic E-state index is -0.0716. The first-order chi connectivity index (χ1) is 38.8. The Morgan fingerprint density at radius 3 is 1.46 bits per heavy atom. The summed E-state index contributed by atoms with van der Waals surface area (Å²) >= 11 is 2.00. The zero-order valence-corrected chi connectivity index (χ0v) is 54.1. The van der Waals surface area contributed by atoms with Gasteiger partial charge in [-0.3, -0.25) is 0 Å². The fraction of sp³-hybridized carbons (Fsp3) is 0.359. The van der Waals surface area contributed by atoms with Crippen LogP contribution in [0.3, 0.4) is 0 Å². The molecule has 83 heavy (non-hydrogen) atoms. The van der Waals surface area contributed by atoms with E-state index in [2.05, 4.69) is 310 Å². The van der Waals surface area contributed by atoms with Gasteiger partial charge in [0.1, 0.15) is 0 Å². The van der Waals surface area contributed by atoms with Crippen molar-refractivity contribution < 1.29 is 0 Å². The number of hydrogen-bond donors (Lipinski definition) is 0. The summed E-state index contributed by atoms with van der Waals surface area (Å²) in [6.07, 6.45) is 2.34. The van der Waals surface area contributed by atoms with Crippen LogP contribution in [0.4, 0.5) is 51.2 Å². The quantitative estimate of drug-likeness (QED) is 0.154. The Morgan fingerprint density at radius 2 is 0.904 bits per heavy atom. The van der Waals surface area contributed by atoms with Crippen LogP contribution in [0.1, 0.15) is 183 Å². The molecule has 12 rings (SSSR count). The average Bonchev–Trinajstić information content (AvgIpc) is 2.05. The second-order valence-corrected chi connectivity index (χ2v) is 32.2. The third-order valence-electron chi connectivity index (χ3n) is 18.9. The lowest BCUT2D eigenvalue weighted by Crippen LogP contribution is -2.60. The Kier molecular flexibility index (Phi) is 13.2. The predicted octanol–water partition coefficient (Wildman–Crippen LogP) is 21.0. The molecular weight excluding hydrogens is 1020 g/mol. The standard InChI is InChI=1S/C78H88BN3S/c1-72(2,3)50-25-23-49(24-26-50)60-45-53(75(10,11)12)32-42-64(60)82-66-22-20-21-65-69(66)79(63-41-38-58(48-67(63)82)80(55-33-27-51(28-34-55)73(4,5)6)56-35-29-52(30-36-56)74(7,8)9)71-70(59-39-31-54(76(13,14)15)46-68(59)83-71)81(65)57-37-40-61-62(47-57)78(18,19)44-43-77(61,16)17/h20-42,45-48H,43-44H2,1-19H3. The number of nitrogens with zero attached hydrogens (tertiary/aromatic N) is 3. The second-order valence-electron chi connectivity index (χ2n) is 31.1. The predicted molar refractivity (Wildman–Crippen MR) is 365 cm³/mol. The fourth-order valence-corrected chi connectivity index (χ4v) is 14.9. The average molecular weight is 1110 g/mol. The molecule has 0 saturated heterocycles. The molecule has 3 aliphatic rings. The molecule has 0 bridgehead atoms. The Bertz CT molecular complexity index is 3930. The first kappa shape index (κ1) is 56.7. The van der Waals surface area contributed by atoms with Crippen molar-refractivity contribution in [3.05, 3.63) is 203 Å². The van der Waals surface area contributed by atoms with Crippen molar-refractivity contribution in [2.24, 2.45) is 0 Å². The smallest absolute Gasteiger partial charge is 0.264 e. The summed E-state index contributed by atoms with van der Waals surface area (Å²) in [5, 5.41) is 1.31. The van der Waals surface area contributed by atoms with Crippen LogP contribution in [0.25, 0.3) is 21.2 Å². The normalized spacial score (nSPS) is 15.7. The first-order valence-electron chi connectivity index (χ1n) is 30.7. The van der Waals surface area contributed by atoms with E-state index in [4.69, 9.17) is 0 Å². The van der Waals surface area contributed by atoms with Gasteiger partial charge >= 0.3 is 0 Å². The summed E-state index contributed by atoms with van der Waals surface area (Å²) in [6.45, 7) is 44.6. The Labute approximate surface area is 502 Å². The van der Waals surface area contributed by atoms with E-state index in [0.29, 0.717) is 0 Å². The highest BCUT2D eigenvalue weighted by atomic mass is 32.1. The van der Waals surface area contributed by atoms with Gasteiger partial charge in [0.2, 0.25) is 0 Å². The minimum absolute atomic E-state index is 0.000949. The maximum atomic E-state index is 2.68. The van der Waals surface area contributed by atoms with Crippen LogP contribution in [-0.2, 0) is 37.9 Å². The number of anilines is 9. The zero-order valence-electron chi connectivity index (χ0n) is 53.3. The van der Waals surface area contributed by atoms with Gasteiger partial charge in [0, 0.05) is 60.2 Å². The number of thiophene rings is 1. The molecule has 0 radical (unpaired) electrons. The zero-order chi connectivity index (χ0) is 59.3. The number of fused-ring (bicyclic) bond motifs is 7. The van der Waals surface area contributed by atoms with E-state index < -0.39 is 0 Å². The molecule has 1 aromatic heterocycles. The van der Waals surface area contributed by atoms with E-state index in [9.17, 15) is 0 Å². The Hall–Kier alpha value is -6.82. The molecule has 5 heteroatoms. The van der Waals surface area contributed by atoms with E-state index >= 15 is 0 Å². The minimum Gasteiger partial charge on any atom is -0.311 e. The van der Waals surface area contributed by atoms with Crippen LogP contribution >= 0.6 is 11.3 Å². The van der Waals surface area contributed by atoms with Gasteiger partial charge in [-0.2, -0.15) is 0 Å². The maximum absolute atomic E-state index is 2.68. The van der Waals surface area contributed by atoms with Crippen molar-refractivity contribution in [1.82, 2.24) is 0 Å². The lowest BCUT2D eigenvalue weighted by molar-refractivity contribution is 0.332. The molecule has 2 aliphatic heterocycles. The van der Waals surface area contributed by atoms with Gasteiger partial charge in [-0.05, 0) is 185 Å². The third-order valence-corrected chi connectivity index (χ3v) is 20.1. The van der Waals surface area contributed by atoms with E-state index in [1.807, 2.05) is 11.3 Å². The van der Waals surface area contributed by atoms with E-state index in [1.165, 1.54) is 116 Å². The molecule has 0 amide bonds. The van der Waals surface area contributed by atoms with Crippen LogP contribution in [-0.4, -0.2) is 6.71 Å². The SMILES string of the molecule is CC(C)(C)c1ccc(-c2cc(C(C)(C)C)ccc2N2c3cc(N(c4ccc(C(C)(C)C)cc4)c4ccc(C(C)(C)C)cc4)ccc3B3c4sc5cc(C(C)(C)C)ccc5c4N(c4ccc5c(c4)C(C)(C)CCC5(C)C)c4cccc2c43)cc1. The molecule has 0 N–H and O–H groups in total. The van der Waals surface area contributed by atoms with Crippen LogP contribution in [0.2, 0.25) is 0 Å². The van der Waals surface area contributed by atoms with Crippen LogP contribution in [0.15, 0.2) is 164 Å². The molecule has 9 aromatic rings. The highest BCUT2D eigenvalue weighted by molar-refractivity contribution is 7.33. The van der Waals surface area contributed by atoms with Gasteiger partial charge < -0.3 is 14.7 Å². The molecule has 0 saturated carbocycles. The van der Waals surface area contributed by atoms with Crippen molar-refractivity contribution in [3.8, 4) is 11.1 Å². The molecule has 0 spiro atoms. The van der Waals surface area contributed by atoms with Gasteiger partial charge in [-0.25, -0.2) is 0 Å². The summed E-state index contributed by atoms with van der Waals surface area (Å²) in [5.74, 6) is 0. The van der Waals surface area contributed by atoms with Crippen molar-refractivity contribution in [2.45, 2.75) is 182 Å². The summed E-state index contributed by atoms with van der Waals surface area (Å²) in [4.78, 5) is 7.82. The monoisotopic (exact) mass is 1110 g/mol. The van der Waals surface area contributed by atoms with E-state index in [0.717, 1.165) is 23.5 Å². The number of hydrogen-bond acceptors (Lipinski definition) is 4. The summed E-state index contributed by atoms with van der Waals surface area (Å²) in [7, 11) is 0. The fourth-order valence-electron chi connectivity index (χ4n) is 13.5. The molecule has 8 aromatic carbocycles. The van der Waals surface area contributed by atoms with Gasteiger partial charge in [-0.1, -0.05) is 216 Å². The molecule has 0 atom stereocenters. The van der Waals surface area contributed by atoms with Gasteiger partial charge in [-0.15, -0.1) is 11.3 Å². The molecule has 0 unspecified atom stereocenters. The highest BCUT2D eigenvalue weighted by Crippen LogP contribution is 2.54. The van der Waals surface area contributed by atoms with Crippen LogP contribution < -0.4 is 30.4 Å². The maximum Gasteiger partial charge on any atom is 0.264 e. The highest BCUT2D eigenvalue weighted by Gasteiger charge is 2.47. The van der Waals surface area contributed by atoms with Crippen LogP contribution in [0, 0.1) is 0 Å². The third kappa shape index (κ3) is 9.85. The van der Waals surface area contributed by atoms with Crippen molar-refractivity contribution in [1.29, 1.82) is 0 Å². The first-order valence-corrected chi connectivity index (χ1v) is 31.5. The van der Waals surface area contributed by atoms with E-state index in [1.54, 1.807) is 0 Å². The summed E-state index contributed by atoms with van der Waals surface area (Å²) < 4.78 is 2.73. The number of rotatable bonds is 6. The second kappa shape index (κ2) is 19.4. The topological polar surface area (TPSA) is 9.72 Å². The Balaban J connectivity index is 1.17. The van der Waals surface area contributed by atoms with Crippen molar-refractivity contribution >= 4 is 95.0 Å². The molecule has 1 aliphatic carbocycles. The molecule has 3 nitrogen and oxygen atoms in total. The summed E-state index contributed by atoms with van der Waals surface area (Å²) in [5.41, 5.74) is 25.6. The lowest BCUT2D eigenvalue weighted by atomic mass is 9.36. The van der Waals surface area contributed by atoms with Gasteiger partial charge in [0.15, 0.2) is 0 Å². The van der Waals surface area contributed by atoms with Gasteiger partial charge in [0.25, 0.3) is 6.71 Å².